The van der Waals surface area contributed by atoms with Gasteiger partial charge in [0.25, 0.3) is 15.9 Å². The topological polar surface area (TPSA) is 84.9 Å². The first-order valence-corrected chi connectivity index (χ1v) is 11.3. The molecule has 166 valence electrons. The van der Waals surface area contributed by atoms with Gasteiger partial charge in [0.2, 0.25) is 0 Å². The Bertz CT molecular complexity index is 1130. The standard InChI is InChI=1S/C23H28N2O5S/c1-15-17-12-19(29-5)20(30-6)13-18(17)25(14-16-10-8-7-9-11-16)31(27,28)21(15)22(26)24-23(2,3)4/h7-13H,14H2,1-6H3,(H,24,26). The molecule has 31 heavy (non-hydrogen) atoms. The number of amides is 1. The van der Waals surface area contributed by atoms with Crippen molar-refractivity contribution in [3.63, 3.8) is 0 Å². The maximum absolute atomic E-state index is 13.7. The molecule has 3 rings (SSSR count). The fraction of sp³-hybridized carbons (Fsp3) is 0.348. The molecule has 0 aliphatic carbocycles. The van der Waals surface area contributed by atoms with Crippen LogP contribution >= 0.6 is 0 Å². The predicted octanol–water partition coefficient (Wildman–Crippen LogP) is 3.70. The Hall–Kier alpha value is -3.00. The number of nitrogens with zero attached hydrogens (tertiary/aromatic N) is 1. The number of fused-ring (bicyclic) bond motifs is 1. The lowest BCUT2D eigenvalue weighted by atomic mass is 10.0. The Balaban J connectivity index is 2.27. The Morgan fingerprint density at radius 3 is 2.16 bits per heavy atom. The molecule has 0 aromatic heterocycles. The first-order valence-electron chi connectivity index (χ1n) is 9.86. The van der Waals surface area contributed by atoms with Crippen LogP contribution in [0.4, 0.5) is 5.69 Å². The van der Waals surface area contributed by atoms with Crippen LogP contribution in [0.2, 0.25) is 0 Å². The van der Waals surface area contributed by atoms with E-state index in [0.29, 0.717) is 28.3 Å². The smallest absolute Gasteiger partial charge is 0.270 e. The van der Waals surface area contributed by atoms with Gasteiger partial charge in [0.05, 0.1) is 26.5 Å². The van der Waals surface area contributed by atoms with Gasteiger partial charge in [0.15, 0.2) is 16.4 Å². The van der Waals surface area contributed by atoms with Gasteiger partial charge < -0.3 is 14.8 Å². The van der Waals surface area contributed by atoms with E-state index in [2.05, 4.69) is 5.32 Å². The van der Waals surface area contributed by atoms with E-state index >= 15 is 0 Å². The van der Waals surface area contributed by atoms with Crippen molar-refractivity contribution in [1.82, 2.24) is 5.32 Å². The number of carbonyl (C=O) groups is 1. The molecule has 0 atom stereocenters. The Labute approximate surface area is 183 Å². The molecule has 0 radical (unpaired) electrons. The van der Waals surface area contributed by atoms with Crippen molar-refractivity contribution < 1.29 is 22.7 Å². The van der Waals surface area contributed by atoms with E-state index < -0.39 is 21.5 Å². The Morgan fingerprint density at radius 2 is 1.61 bits per heavy atom. The molecule has 0 bridgehead atoms. The van der Waals surface area contributed by atoms with Crippen LogP contribution in [0, 0.1) is 0 Å². The van der Waals surface area contributed by atoms with Gasteiger partial charge in [0.1, 0.15) is 0 Å². The number of hydrogen-bond acceptors (Lipinski definition) is 5. The number of methoxy groups -OCH3 is 2. The minimum absolute atomic E-state index is 0.0746. The largest absolute Gasteiger partial charge is 0.493 e. The third kappa shape index (κ3) is 4.39. The average molecular weight is 445 g/mol. The summed E-state index contributed by atoms with van der Waals surface area (Å²) < 4.78 is 39.5. The number of hydrogen-bond donors (Lipinski definition) is 1. The van der Waals surface area contributed by atoms with Gasteiger partial charge in [-0.2, -0.15) is 0 Å². The zero-order valence-electron chi connectivity index (χ0n) is 18.6. The fourth-order valence-electron chi connectivity index (χ4n) is 3.53. The number of anilines is 1. The van der Waals surface area contributed by atoms with Crippen molar-refractivity contribution in [2.75, 3.05) is 18.5 Å². The lowest BCUT2D eigenvalue weighted by Gasteiger charge is -2.34. The number of sulfonamides is 1. The van der Waals surface area contributed by atoms with E-state index in [1.54, 1.807) is 39.8 Å². The van der Waals surface area contributed by atoms with Crippen molar-refractivity contribution in [2.45, 2.75) is 39.8 Å². The summed E-state index contributed by atoms with van der Waals surface area (Å²) in [6.45, 7) is 7.13. The summed E-state index contributed by atoms with van der Waals surface area (Å²) in [5.74, 6) is 0.225. The van der Waals surface area contributed by atoms with Gasteiger partial charge in [-0.1, -0.05) is 30.3 Å². The molecule has 1 N–H and O–H groups in total. The SMILES string of the molecule is COc1cc2c(cc1OC)N(Cc1ccccc1)S(=O)(=O)C(C(=O)NC(C)(C)C)=C2C. The summed E-state index contributed by atoms with van der Waals surface area (Å²) in [6, 6.07) is 12.6. The van der Waals surface area contributed by atoms with Gasteiger partial charge >= 0.3 is 0 Å². The van der Waals surface area contributed by atoms with Gasteiger partial charge in [-0.15, -0.1) is 0 Å². The Kier molecular flexibility index (Phi) is 6.04. The molecule has 0 saturated heterocycles. The number of rotatable bonds is 5. The number of allylic oxidation sites excluding steroid dienone is 1. The molecule has 0 spiro atoms. The third-order valence-corrected chi connectivity index (χ3v) is 6.84. The van der Waals surface area contributed by atoms with Gasteiger partial charge in [-0.25, -0.2) is 8.42 Å². The zero-order valence-corrected chi connectivity index (χ0v) is 19.5. The van der Waals surface area contributed by atoms with Crippen LogP contribution in [0.15, 0.2) is 47.4 Å². The summed E-state index contributed by atoms with van der Waals surface area (Å²) in [7, 11) is -1.13. The highest BCUT2D eigenvalue weighted by Gasteiger charge is 2.41. The fourth-order valence-corrected chi connectivity index (χ4v) is 5.27. The molecule has 0 fully saturated rings. The second kappa shape index (κ2) is 8.26. The van der Waals surface area contributed by atoms with Crippen LogP contribution < -0.4 is 19.1 Å². The molecule has 0 saturated carbocycles. The highest BCUT2D eigenvalue weighted by Crippen LogP contribution is 2.45. The molecule has 1 amide bonds. The van der Waals surface area contributed by atoms with Crippen LogP contribution in [0.25, 0.3) is 5.57 Å². The van der Waals surface area contributed by atoms with Gasteiger partial charge in [-0.3, -0.25) is 9.10 Å². The minimum atomic E-state index is -4.14. The molecule has 2 aromatic carbocycles. The van der Waals surface area contributed by atoms with Crippen molar-refractivity contribution in [1.29, 1.82) is 0 Å². The third-order valence-electron chi connectivity index (χ3n) is 4.93. The highest BCUT2D eigenvalue weighted by molar-refractivity contribution is 7.97. The minimum Gasteiger partial charge on any atom is -0.493 e. The second-order valence-corrected chi connectivity index (χ2v) is 10.2. The summed E-state index contributed by atoms with van der Waals surface area (Å²) >= 11 is 0. The van der Waals surface area contributed by atoms with Crippen molar-refractivity contribution in [3.05, 3.63) is 58.5 Å². The van der Waals surface area contributed by atoms with E-state index in [1.165, 1.54) is 18.5 Å². The van der Waals surface area contributed by atoms with E-state index in [1.807, 2.05) is 30.3 Å². The quantitative estimate of drug-likeness (QED) is 0.760. The molecule has 1 heterocycles. The van der Waals surface area contributed by atoms with Crippen LogP contribution in [0.5, 0.6) is 11.5 Å². The average Bonchev–Trinajstić information content (AvgIpc) is 2.69. The molecule has 1 aliphatic heterocycles. The van der Waals surface area contributed by atoms with E-state index in [9.17, 15) is 13.2 Å². The lowest BCUT2D eigenvalue weighted by molar-refractivity contribution is -0.118. The zero-order chi connectivity index (χ0) is 23.0. The van der Waals surface area contributed by atoms with E-state index in [-0.39, 0.29) is 11.4 Å². The van der Waals surface area contributed by atoms with Crippen molar-refractivity contribution in [2.24, 2.45) is 0 Å². The Morgan fingerprint density at radius 1 is 1.03 bits per heavy atom. The summed E-state index contributed by atoms with van der Waals surface area (Å²) in [5, 5.41) is 2.78. The molecular weight excluding hydrogens is 416 g/mol. The molecule has 0 unspecified atom stereocenters. The van der Waals surface area contributed by atoms with E-state index in [4.69, 9.17) is 9.47 Å². The predicted molar refractivity (Wildman–Crippen MR) is 122 cm³/mol. The molecule has 2 aromatic rings. The van der Waals surface area contributed by atoms with E-state index in [0.717, 1.165) is 5.56 Å². The molecular formula is C23H28N2O5S. The maximum Gasteiger partial charge on any atom is 0.270 e. The maximum atomic E-state index is 13.7. The van der Waals surface area contributed by atoms with Gasteiger partial charge in [0, 0.05) is 17.2 Å². The van der Waals surface area contributed by atoms with Crippen LogP contribution in [-0.4, -0.2) is 34.1 Å². The first-order chi connectivity index (χ1) is 14.5. The van der Waals surface area contributed by atoms with Gasteiger partial charge in [-0.05, 0) is 44.9 Å². The van der Waals surface area contributed by atoms with Crippen LogP contribution in [-0.2, 0) is 21.4 Å². The number of ether oxygens (including phenoxy) is 2. The number of carbonyl (C=O) groups excluding carboxylic acids is 1. The highest BCUT2D eigenvalue weighted by atomic mass is 32.2. The normalized spacial score (nSPS) is 15.4. The molecule has 8 heteroatoms. The lowest BCUT2D eigenvalue weighted by Crippen LogP contribution is -2.46. The van der Waals surface area contributed by atoms with Crippen LogP contribution in [0.1, 0.15) is 38.8 Å². The molecule has 1 aliphatic rings. The van der Waals surface area contributed by atoms with Crippen molar-refractivity contribution in [3.8, 4) is 11.5 Å². The number of benzene rings is 2. The molecule has 7 nitrogen and oxygen atoms in total. The summed E-state index contributed by atoms with van der Waals surface area (Å²) in [4.78, 5) is 12.8. The monoisotopic (exact) mass is 444 g/mol. The summed E-state index contributed by atoms with van der Waals surface area (Å²) in [5.41, 5.74) is 1.60. The first kappa shape index (κ1) is 22.7. The van der Waals surface area contributed by atoms with Crippen LogP contribution in [0.3, 0.4) is 0 Å². The van der Waals surface area contributed by atoms with Crippen molar-refractivity contribution >= 4 is 27.2 Å². The second-order valence-electron chi connectivity index (χ2n) is 8.38. The summed E-state index contributed by atoms with van der Waals surface area (Å²) in [6.07, 6.45) is 0. The number of nitrogens with one attached hydrogen (secondary N) is 1.